The zero-order valence-corrected chi connectivity index (χ0v) is 16.3. The minimum atomic E-state index is -4.73. The molecule has 0 aliphatic carbocycles. The molecule has 1 amide bonds. The molecule has 0 saturated heterocycles. The van der Waals surface area contributed by atoms with Crippen molar-refractivity contribution in [1.82, 2.24) is 0 Å². The van der Waals surface area contributed by atoms with Gasteiger partial charge in [-0.1, -0.05) is 42.5 Å². The highest BCUT2D eigenvalue weighted by atomic mass is 19.4. The summed E-state index contributed by atoms with van der Waals surface area (Å²) in [6, 6.07) is 20.0. The van der Waals surface area contributed by atoms with Crippen molar-refractivity contribution < 1.29 is 22.7 Å². The Kier molecular flexibility index (Phi) is 6.81. The summed E-state index contributed by atoms with van der Waals surface area (Å²) < 4.78 is 40.9. The van der Waals surface area contributed by atoms with E-state index in [4.69, 9.17) is 5.73 Å². The Balaban J connectivity index is 1.53. The molecule has 4 N–H and O–H groups in total. The number of hydrogen-bond acceptors (Lipinski definition) is 4. The van der Waals surface area contributed by atoms with Crippen molar-refractivity contribution in [3.63, 3.8) is 0 Å². The van der Waals surface area contributed by atoms with Gasteiger partial charge in [0, 0.05) is 24.4 Å². The average molecular weight is 427 g/mol. The Morgan fingerprint density at radius 1 is 1.00 bits per heavy atom. The van der Waals surface area contributed by atoms with Crippen molar-refractivity contribution in [2.45, 2.75) is 12.9 Å². The molecule has 160 valence electrons. The lowest BCUT2D eigenvalue weighted by molar-refractivity contribution is -0.274. The molecule has 3 aromatic carbocycles. The summed E-state index contributed by atoms with van der Waals surface area (Å²) in [7, 11) is 0. The van der Waals surface area contributed by atoms with Crippen LogP contribution in [0.4, 0.5) is 30.2 Å². The molecule has 0 spiro atoms. The van der Waals surface area contributed by atoms with E-state index in [1.165, 1.54) is 24.3 Å². The van der Waals surface area contributed by atoms with Gasteiger partial charge in [0.15, 0.2) is 0 Å². The Bertz CT molecular complexity index is 1060. The maximum absolute atomic E-state index is 12.3. The standard InChI is InChI=1S/C23H20F3N3O2/c24-23(25,26)31-19-5-3-4-18(14-19)28-15-17-10-8-16(9-11-17)12-13-22(30)29-21-7-2-1-6-20(21)27/h1-14,28H,15,27H2,(H,29,30). The van der Waals surface area contributed by atoms with Gasteiger partial charge in [-0.3, -0.25) is 4.79 Å². The number of ether oxygens (including phenoxy) is 1. The van der Waals surface area contributed by atoms with Crippen LogP contribution in [0, 0.1) is 0 Å². The first-order chi connectivity index (χ1) is 14.8. The molecule has 0 radical (unpaired) electrons. The number of nitrogen functional groups attached to an aromatic ring is 1. The zero-order chi connectivity index (χ0) is 22.3. The summed E-state index contributed by atoms with van der Waals surface area (Å²) >= 11 is 0. The number of carbonyl (C=O) groups is 1. The predicted molar refractivity (Wildman–Crippen MR) is 115 cm³/mol. The maximum atomic E-state index is 12.3. The number of halogens is 3. The monoisotopic (exact) mass is 427 g/mol. The van der Waals surface area contributed by atoms with Crippen LogP contribution in [0.1, 0.15) is 11.1 Å². The van der Waals surface area contributed by atoms with Crippen molar-refractivity contribution in [2.75, 3.05) is 16.4 Å². The fourth-order valence-electron chi connectivity index (χ4n) is 2.71. The number of hydrogen-bond donors (Lipinski definition) is 3. The second kappa shape index (κ2) is 9.71. The second-order valence-electron chi connectivity index (χ2n) is 6.58. The molecular weight excluding hydrogens is 407 g/mol. The first-order valence-corrected chi connectivity index (χ1v) is 9.31. The van der Waals surface area contributed by atoms with Gasteiger partial charge >= 0.3 is 6.36 Å². The Labute approximate surface area is 177 Å². The molecule has 0 unspecified atom stereocenters. The second-order valence-corrected chi connectivity index (χ2v) is 6.58. The van der Waals surface area contributed by atoms with E-state index >= 15 is 0 Å². The van der Waals surface area contributed by atoms with Crippen LogP contribution in [-0.2, 0) is 11.3 Å². The van der Waals surface area contributed by atoms with Crippen molar-refractivity contribution in [2.24, 2.45) is 0 Å². The molecule has 8 heteroatoms. The lowest BCUT2D eigenvalue weighted by Gasteiger charge is -2.11. The third-order valence-electron chi connectivity index (χ3n) is 4.19. The lowest BCUT2D eigenvalue weighted by atomic mass is 10.1. The van der Waals surface area contributed by atoms with Crippen LogP contribution in [0.2, 0.25) is 0 Å². The van der Waals surface area contributed by atoms with E-state index in [9.17, 15) is 18.0 Å². The molecule has 5 nitrogen and oxygen atoms in total. The van der Waals surface area contributed by atoms with Crippen molar-refractivity contribution in [1.29, 1.82) is 0 Å². The van der Waals surface area contributed by atoms with Crippen molar-refractivity contribution in [3.8, 4) is 5.75 Å². The van der Waals surface area contributed by atoms with Gasteiger partial charge < -0.3 is 21.1 Å². The number of nitrogens with one attached hydrogen (secondary N) is 2. The third-order valence-corrected chi connectivity index (χ3v) is 4.19. The van der Waals surface area contributed by atoms with E-state index in [1.54, 1.807) is 36.4 Å². The van der Waals surface area contributed by atoms with Gasteiger partial charge in [0.2, 0.25) is 5.91 Å². The lowest BCUT2D eigenvalue weighted by Crippen LogP contribution is -2.17. The summed E-state index contributed by atoms with van der Waals surface area (Å²) in [4.78, 5) is 12.0. The number of amides is 1. The maximum Gasteiger partial charge on any atom is 0.573 e. The highest BCUT2D eigenvalue weighted by Crippen LogP contribution is 2.25. The van der Waals surface area contributed by atoms with Gasteiger partial charge in [-0.15, -0.1) is 13.2 Å². The summed E-state index contributed by atoms with van der Waals surface area (Å²) in [6.07, 6.45) is -1.65. The molecule has 3 aromatic rings. The molecule has 3 rings (SSSR count). The number of alkyl halides is 3. The fraction of sp³-hybridized carbons (Fsp3) is 0.0870. The molecule has 0 aliphatic rings. The van der Waals surface area contributed by atoms with Crippen molar-refractivity contribution in [3.05, 3.63) is 90.0 Å². The average Bonchev–Trinajstić information content (AvgIpc) is 2.72. The topological polar surface area (TPSA) is 76.4 Å². The number of rotatable bonds is 7. The fourth-order valence-corrected chi connectivity index (χ4v) is 2.71. The van der Waals surface area contributed by atoms with E-state index < -0.39 is 6.36 Å². The predicted octanol–water partition coefficient (Wildman–Crippen LogP) is 5.43. The van der Waals surface area contributed by atoms with Crippen LogP contribution >= 0.6 is 0 Å². The van der Waals surface area contributed by atoms with Crippen LogP contribution in [0.5, 0.6) is 5.75 Å². The Morgan fingerprint density at radius 3 is 2.45 bits per heavy atom. The smallest absolute Gasteiger partial charge is 0.406 e. The zero-order valence-electron chi connectivity index (χ0n) is 16.3. The van der Waals surface area contributed by atoms with Crippen LogP contribution < -0.4 is 21.1 Å². The van der Waals surface area contributed by atoms with Crippen LogP contribution in [0.25, 0.3) is 6.08 Å². The SMILES string of the molecule is Nc1ccccc1NC(=O)C=Cc1ccc(CNc2cccc(OC(F)(F)F)c2)cc1. The molecular formula is C23H20F3N3O2. The number of anilines is 3. The van der Waals surface area contributed by atoms with Gasteiger partial charge in [-0.25, -0.2) is 0 Å². The number of para-hydroxylation sites is 2. The van der Waals surface area contributed by atoms with E-state index in [-0.39, 0.29) is 11.7 Å². The summed E-state index contributed by atoms with van der Waals surface area (Å²) in [5, 5.41) is 5.76. The van der Waals surface area contributed by atoms with Gasteiger partial charge in [0.1, 0.15) is 5.75 Å². The quantitative estimate of drug-likeness (QED) is 0.347. The summed E-state index contributed by atoms with van der Waals surface area (Å²) in [5.41, 5.74) is 9.06. The molecule has 0 aliphatic heterocycles. The van der Waals surface area contributed by atoms with Crippen LogP contribution in [0.3, 0.4) is 0 Å². The highest BCUT2D eigenvalue weighted by molar-refractivity contribution is 6.03. The van der Waals surface area contributed by atoms with E-state index in [0.29, 0.717) is 23.6 Å². The highest BCUT2D eigenvalue weighted by Gasteiger charge is 2.31. The minimum Gasteiger partial charge on any atom is -0.406 e. The first-order valence-electron chi connectivity index (χ1n) is 9.31. The molecule has 0 heterocycles. The number of nitrogens with two attached hydrogens (primary N) is 1. The molecule has 0 aromatic heterocycles. The normalized spacial score (nSPS) is 11.3. The van der Waals surface area contributed by atoms with E-state index in [0.717, 1.165) is 11.1 Å². The van der Waals surface area contributed by atoms with Crippen LogP contribution in [0.15, 0.2) is 78.9 Å². The molecule has 0 atom stereocenters. The molecule has 0 bridgehead atoms. The van der Waals surface area contributed by atoms with E-state index in [2.05, 4.69) is 15.4 Å². The van der Waals surface area contributed by atoms with E-state index in [1.807, 2.05) is 24.3 Å². The summed E-state index contributed by atoms with van der Waals surface area (Å²) in [5.74, 6) is -0.585. The minimum absolute atomic E-state index is 0.284. The van der Waals surface area contributed by atoms with Gasteiger partial charge in [0.25, 0.3) is 0 Å². The van der Waals surface area contributed by atoms with Gasteiger partial charge in [0.05, 0.1) is 11.4 Å². The Morgan fingerprint density at radius 2 is 1.74 bits per heavy atom. The van der Waals surface area contributed by atoms with Crippen LogP contribution in [-0.4, -0.2) is 12.3 Å². The first kappa shape index (κ1) is 21.8. The number of benzene rings is 3. The molecule has 0 saturated carbocycles. The Hall–Kier alpha value is -3.94. The largest absolute Gasteiger partial charge is 0.573 e. The van der Waals surface area contributed by atoms with Gasteiger partial charge in [-0.2, -0.15) is 0 Å². The molecule has 31 heavy (non-hydrogen) atoms. The van der Waals surface area contributed by atoms with Crippen molar-refractivity contribution >= 4 is 29.0 Å². The number of carbonyl (C=O) groups excluding carboxylic acids is 1. The third kappa shape index (κ3) is 7.11. The van der Waals surface area contributed by atoms with Gasteiger partial charge in [-0.05, 0) is 41.5 Å². The molecule has 0 fully saturated rings. The summed E-state index contributed by atoms with van der Waals surface area (Å²) in [6.45, 7) is 0.410.